The molecule has 104 valence electrons. The Balaban J connectivity index is 1.67. The van der Waals surface area contributed by atoms with Crippen molar-refractivity contribution in [3.63, 3.8) is 0 Å². The van der Waals surface area contributed by atoms with Gasteiger partial charge in [-0.15, -0.1) is 5.10 Å². The Bertz CT molecular complexity index is 724. The molecule has 1 aromatic heterocycles. The zero-order valence-corrected chi connectivity index (χ0v) is 11.2. The van der Waals surface area contributed by atoms with Crippen LogP contribution >= 0.6 is 0 Å². The molecule has 2 aromatic carbocycles. The number of amides is 1. The van der Waals surface area contributed by atoms with Gasteiger partial charge in [0.25, 0.3) is 5.91 Å². The lowest BCUT2D eigenvalue weighted by molar-refractivity contribution is 0.102. The minimum atomic E-state index is -0.273. The van der Waals surface area contributed by atoms with Crippen molar-refractivity contribution >= 4 is 11.9 Å². The normalized spacial score (nSPS) is 10.3. The molecular formula is C16H13N3O2. The predicted molar refractivity (Wildman–Crippen MR) is 77.9 cm³/mol. The van der Waals surface area contributed by atoms with Crippen LogP contribution in [0.15, 0.2) is 65.1 Å². The lowest BCUT2D eigenvalue weighted by atomic mass is 10.2. The van der Waals surface area contributed by atoms with Crippen LogP contribution in [0.2, 0.25) is 0 Å². The van der Waals surface area contributed by atoms with E-state index in [2.05, 4.69) is 15.5 Å². The molecule has 3 aromatic rings. The number of hydrogen-bond acceptors (Lipinski definition) is 4. The molecule has 0 fully saturated rings. The maximum absolute atomic E-state index is 11.9. The minimum Gasteiger partial charge on any atom is -0.407 e. The average molecular weight is 279 g/mol. The molecule has 0 saturated heterocycles. The number of anilines is 1. The van der Waals surface area contributed by atoms with Gasteiger partial charge in [-0.1, -0.05) is 53.6 Å². The van der Waals surface area contributed by atoms with Crippen LogP contribution in [0.5, 0.6) is 0 Å². The highest BCUT2D eigenvalue weighted by atomic mass is 16.4. The molecule has 5 heteroatoms. The van der Waals surface area contributed by atoms with Crippen molar-refractivity contribution in [1.29, 1.82) is 0 Å². The molecule has 1 N–H and O–H groups in total. The molecule has 0 aliphatic carbocycles. The molecule has 0 unspecified atom stereocenters. The maximum Gasteiger partial charge on any atom is 0.322 e. The van der Waals surface area contributed by atoms with Gasteiger partial charge in [-0.3, -0.25) is 10.1 Å². The monoisotopic (exact) mass is 279 g/mol. The van der Waals surface area contributed by atoms with Gasteiger partial charge in [0.05, 0.1) is 6.42 Å². The average Bonchev–Trinajstić information content (AvgIpc) is 2.96. The molecule has 0 aliphatic heterocycles. The molecule has 0 radical (unpaired) electrons. The lowest BCUT2D eigenvalue weighted by Crippen LogP contribution is -2.11. The van der Waals surface area contributed by atoms with E-state index < -0.39 is 0 Å². The summed E-state index contributed by atoms with van der Waals surface area (Å²) in [6.07, 6.45) is 0.537. The molecule has 1 amide bonds. The van der Waals surface area contributed by atoms with E-state index in [0.717, 1.165) is 5.56 Å². The second-order valence-corrected chi connectivity index (χ2v) is 4.48. The maximum atomic E-state index is 11.9. The highest BCUT2D eigenvalue weighted by Gasteiger charge is 2.11. The number of rotatable bonds is 4. The summed E-state index contributed by atoms with van der Waals surface area (Å²) in [6.45, 7) is 0. The number of aromatic nitrogens is 2. The SMILES string of the molecule is O=C(Nc1nnc(Cc2ccccc2)o1)c1ccccc1. The number of carbonyl (C=O) groups excluding carboxylic acids is 1. The van der Waals surface area contributed by atoms with Crippen LogP contribution in [-0.4, -0.2) is 16.1 Å². The summed E-state index contributed by atoms with van der Waals surface area (Å²) in [7, 11) is 0. The van der Waals surface area contributed by atoms with E-state index in [1.165, 1.54) is 0 Å². The Hall–Kier alpha value is -2.95. The van der Waals surface area contributed by atoms with E-state index in [0.29, 0.717) is 17.9 Å². The van der Waals surface area contributed by atoms with Gasteiger partial charge in [-0.2, -0.15) is 0 Å². The molecule has 5 nitrogen and oxygen atoms in total. The Kier molecular flexibility index (Phi) is 3.73. The van der Waals surface area contributed by atoms with Gasteiger partial charge in [0.1, 0.15) is 0 Å². The summed E-state index contributed by atoms with van der Waals surface area (Å²) in [5.41, 5.74) is 1.61. The standard InChI is InChI=1S/C16H13N3O2/c20-15(13-9-5-2-6-10-13)17-16-19-18-14(21-16)11-12-7-3-1-4-8-12/h1-10H,11H2,(H,17,19,20). The summed E-state index contributed by atoms with van der Waals surface area (Å²) < 4.78 is 5.43. The zero-order chi connectivity index (χ0) is 14.5. The van der Waals surface area contributed by atoms with Gasteiger partial charge in [-0.25, -0.2) is 0 Å². The van der Waals surface area contributed by atoms with Gasteiger partial charge in [0.2, 0.25) is 5.89 Å². The van der Waals surface area contributed by atoms with Crippen LogP contribution in [0.4, 0.5) is 6.01 Å². The highest BCUT2D eigenvalue weighted by Crippen LogP contribution is 2.12. The van der Waals surface area contributed by atoms with Crippen LogP contribution in [0, 0.1) is 0 Å². The van der Waals surface area contributed by atoms with E-state index >= 15 is 0 Å². The van der Waals surface area contributed by atoms with Crippen LogP contribution in [0.1, 0.15) is 21.8 Å². The molecule has 0 spiro atoms. The summed E-state index contributed by atoms with van der Waals surface area (Å²) in [5.74, 6) is 0.190. The minimum absolute atomic E-state index is 0.106. The van der Waals surface area contributed by atoms with Crippen molar-refractivity contribution < 1.29 is 9.21 Å². The first-order chi connectivity index (χ1) is 10.3. The Morgan fingerprint density at radius 3 is 2.33 bits per heavy atom. The van der Waals surface area contributed by atoms with Gasteiger partial charge in [0, 0.05) is 5.56 Å². The number of carbonyl (C=O) groups is 1. The summed E-state index contributed by atoms with van der Waals surface area (Å²) >= 11 is 0. The third kappa shape index (κ3) is 3.33. The lowest BCUT2D eigenvalue weighted by Gasteiger charge is -1.99. The largest absolute Gasteiger partial charge is 0.407 e. The molecule has 0 aliphatic rings. The summed E-state index contributed by atoms with van der Waals surface area (Å²) in [4.78, 5) is 11.9. The van der Waals surface area contributed by atoms with Crippen molar-refractivity contribution in [2.75, 3.05) is 5.32 Å². The van der Waals surface area contributed by atoms with Gasteiger partial charge < -0.3 is 4.42 Å². The third-order valence-corrected chi connectivity index (χ3v) is 2.92. The first kappa shape index (κ1) is 13.1. The van der Waals surface area contributed by atoms with Crippen molar-refractivity contribution in [1.82, 2.24) is 10.2 Å². The first-order valence-electron chi connectivity index (χ1n) is 6.54. The fraction of sp³-hybridized carbons (Fsp3) is 0.0625. The molecule has 21 heavy (non-hydrogen) atoms. The van der Waals surface area contributed by atoms with Gasteiger partial charge in [0.15, 0.2) is 0 Å². The van der Waals surface area contributed by atoms with Crippen molar-refractivity contribution in [3.05, 3.63) is 77.7 Å². The zero-order valence-electron chi connectivity index (χ0n) is 11.2. The number of hydrogen-bond donors (Lipinski definition) is 1. The summed E-state index contributed by atoms with van der Waals surface area (Å²) in [5, 5.41) is 10.3. The van der Waals surface area contributed by atoms with E-state index in [4.69, 9.17) is 4.42 Å². The molecule has 1 heterocycles. The second kappa shape index (κ2) is 6.00. The Labute approximate surface area is 121 Å². The topological polar surface area (TPSA) is 68.0 Å². The van der Waals surface area contributed by atoms with Crippen molar-refractivity contribution in [2.45, 2.75) is 6.42 Å². The van der Waals surface area contributed by atoms with Gasteiger partial charge >= 0.3 is 6.01 Å². The predicted octanol–water partition coefficient (Wildman–Crippen LogP) is 2.91. The van der Waals surface area contributed by atoms with E-state index in [1.54, 1.807) is 24.3 Å². The second-order valence-electron chi connectivity index (χ2n) is 4.48. The molecular weight excluding hydrogens is 266 g/mol. The molecule has 0 saturated carbocycles. The van der Waals surface area contributed by atoms with Crippen LogP contribution in [0.3, 0.4) is 0 Å². The Morgan fingerprint density at radius 2 is 1.62 bits per heavy atom. The van der Waals surface area contributed by atoms with Crippen LogP contribution < -0.4 is 5.32 Å². The number of nitrogens with zero attached hydrogens (tertiary/aromatic N) is 2. The van der Waals surface area contributed by atoms with E-state index in [9.17, 15) is 4.79 Å². The van der Waals surface area contributed by atoms with Crippen molar-refractivity contribution in [2.24, 2.45) is 0 Å². The fourth-order valence-corrected chi connectivity index (χ4v) is 1.90. The smallest absolute Gasteiger partial charge is 0.322 e. The highest BCUT2D eigenvalue weighted by molar-refractivity contribution is 6.02. The molecule has 0 atom stereocenters. The quantitative estimate of drug-likeness (QED) is 0.797. The fourth-order valence-electron chi connectivity index (χ4n) is 1.90. The molecule has 3 rings (SSSR count). The number of nitrogens with one attached hydrogen (secondary N) is 1. The Morgan fingerprint density at radius 1 is 0.952 bits per heavy atom. The molecule has 0 bridgehead atoms. The van der Waals surface area contributed by atoms with E-state index in [1.807, 2.05) is 36.4 Å². The first-order valence-corrected chi connectivity index (χ1v) is 6.54. The van der Waals surface area contributed by atoms with Crippen LogP contribution in [0.25, 0.3) is 0 Å². The van der Waals surface area contributed by atoms with Crippen molar-refractivity contribution in [3.8, 4) is 0 Å². The van der Waals surface area contributed by atoms with E-state index in [-0.39, 0.29) is 11.9 Å². The number of benzene rings is 2. The third-order valence-electron chi connectivity index (χ3n) is 2.92. The summed E-state index contributed by atoms with van der Waals surface area (Å²) in [6, 6.07) is 18.8. The van der Waals surface area contributed by atoms with Gasteiger partial charge in [-0.05, 0) is 17.7 Å². The van der Waals surface area contributed by atoms with Crippen LogP contribution in [-0.2, 0) is 6.42 Å².